The van der Waals surface area contributed by atoms with Gasteiger partial charge in [-0.25, -0.2) is 4.98 Å². The van der Waals surface area contributed by atoms with Gasteiger partial charge in [0.05, 0.1) is 10.6 Å². The Morgan fingerprint density at radius 2 is 2.22 bits per heavy atom. The molecule has 1 N–H and O–H groups in total. The van der Waals surface area contributed by atoms with E-state index in [-0.39, 0.29) is 17.1 Å². The minimum Gasteiger partial charge on any atom is -0.349 e. The first-order valence-corrected chi connectivity index (χ1v) is 6.93. The number of nitrogens with one attached hydrogen (secondary N) is 1. The van der Waals surface area contributed by atoms with E-state index >= 15 is 0 Å². The third-order valence-electron chi connectivity index (χ3n) is 3.33. The van der Waals surface area contributed by atoms with Crippen LogP contribution in [-0.4, -0.2) is 16.9 Å². The van der Waals surface area contributed by atoms with Crippen molar-refractivity contribution in [1.29, 1.82) is 0 Å². The van der Waals surface area contributed by atoms with E-state index in [9.17, 15) is 4.79 Å². The van der Waals surface area contributed by atoms with Gasteiger partial charge in [0, 0.05) is 12.2 Å². The average molecular weight is 287 g/mol. The van der Waals surface area contributed by atoms with Crippen LogP contribution in [0.1, 0.15) is 43.0 Å². The maximum absolute atomic E-state index is 12.0. The molecule has 0 bridgehead atoms. The fourth-order valence-electron chi connectivity index (χ4n) is 2.38. The van der Waals surface area contributed by atoms with Gasteiger partial charge >= 0.3 is 0 Å². The number of amides is 1. The van der Waals surface area contributed by atoms with E-state index in [1.165, 1.54) is 19.0 Å². The highest BCUT2D eigenvalue weighted by atomic mass is 35.5. The normalized spacial score (nSPS) is 23.7. The second-order valence-corrected chi connectivity index (χ2v) is 5.70. The van der Waals surface area contributed by atoms with E-state index in [4.69, 9.17) is 23.2 Å². The van der Waals surface area contributed by atoms with Gasteiger partial charge in [0.25, 0.3) is 5.91 Å². The molecular weight excluding hydrogens is 271 g/mol. The Bertz CT molecular complexity index is 451. The molecule has 1 aliphatic rings. The SMILES string of the molecule is C[C@@H]1CCC[C@H](NC(=O)c2cnc(Cl)c(Cl)c2)C1. The Morgan fingerprint density at radius 3 is 2.89 bits per heavy atom. The lowest BCUT2D eigenvalue weighted by atomic mass is 9.87. The standard InChI is InChI=1S/C13H16Cl2N2O/c1-8-3-2-4-10(5-8)17-13(18)9-6-11(14)12(15)16-7-9/h6-8,10H,2-5H2,1H3,(H,17,18)/t8-,10+/m1/s1. The molecule has 1 heterocycles. The second-order valence-electron chi connectivity index (χ2n) is 4.94. The number of nitrogens with zero attached hydrogens (tertiary/aromatic N) is 1. The number of hydrogen-bond acceptors (Lipinski definition) is 2. The number of aromatic nitrogens is 1. The maximum Gasteiger partial charge on any atom is 0.253 e. The van der Waals surface area contributed by atoms with Crippen molar-refractivity contribution < 1.29 is 4.79 Å². The van der Waals surface area contributed by atoms with Crippen molar-refractivity contribution in [3.8, 4) is 0 Å². The predicted molar refractivity (Wildman–Crippen MR) is 73.1 cm³/mol. The van der Waals surface area contributed by atoms with Crippen LogP contribution in [-0.2, 0) is 0 Å². The zero-order valence-corrected chi connectivity index (χ0v) is 11.8. The quantitative estimate of drug-likeness (QED) is 0.843. The smallest absolute Gasteiger partial charge is 0.253 e. The monoisotopic (exact) mass is 286 g/mol. The van der Waals surface area contributed by atoms with Gasteiger partial charge in [0.2, 0.25) is 0 Å². The fraction of sp³-hybridized carbons (Fsp3) is 0.538. The van der Waals surface area contributed by atoms with Crippen LogP contribution in [0.2, 0.25) is 10.2 Å². The van der Waals surface area contributed by atoms with E-state index in [2.05, 4.69) is 17.2 Å². The van der Waals surface area contributed by atoms with Crippen molar-refractivity contribution >= 4 is 29.1 Å². The first kappa shape index (κ1) is 13.6. The highest BCUT2D eigenvalue weighted by Crippen LogP contribution is 2.24. The molecule has 0 aliphatic heterocycles. The van der Waals surface area contributed by atoms with E-state index < -0.39 is 0 Å². The molecule has 1 aromatic rings. The minimum atomic E-state index is -0.125. The van der Waals surface area contributed by atoms with Crippen molar-refractivity contribution in [2.24, 2.45) is 5.92 Å². The predicted octanol–water partition coefficient (Wildman–Crippen LogP) is 3.70. The van der Waals surface area contributed by atoms with Crippen molar-refractivity contribution in [3.63, 3.8) is 0 Å². The molecule has 5 heteroatoms. The molecule has 18 heavy (non-hydrogen) atoms. The molecule has 0 unspecified atom stereocenters. The molecule has 2 rings (SSSR count). The number of pyridine rings is 1. The first-order valence-electron chi connectivity index (χ1n) is 6.18. The van der Waals surface area contributed by atoms with Gasteiger partial charge < -0.3 is 5.32 Å². The van der Waals surface area contributed by atoms with Gasteiger partial charge in [-0.1, -0.05) is 43.0 Å². The lowest BCUT2D eigenvalue weighted by Gasteiger charge is -2.27. The third kappa shape index (κ3) is 3.36. The van der Waals surface area contributed by atoms with E-state index in [1.54, 1.807) is 6.07 Å². The molecular formula is C13H16Cl2N2O. The summed E-state index contributed by atoms with van der Waals surface area (Å²) < 4.78 is 0. The van der Waals surface area contributed by atoms with Crippen LogP contribution in [0.5, 0.6) is 0 Å². The van der Waals surface area contributed by atoms with Crippen molar-refractivity contribution in [2.45, 2.75) is 38.6 Å². The van der Waals surface area contributed by atoms with E-state index in [0.717, 1.165) is 12.8 Å². The largest absolute Gasteiger partial charge is 0.349 e. The van der Waals surface area contributed by atoms with Crippen LogP contribution in [0.25, 0.3) is 0 Å². The molecule has 2 atom stereocenters. The molecule has 1 aliphatic carbocycles. The molecule has 1 saturated carbocycles. The summed E-state index contributed by atoms with van der Waals surface area (Å²) in [5.74, 6) is 0.552. The summed E-state index contributed by atoms with van der Waals surface area (Å²) in [4.78, 5) is 15.9. The van der Waals surface area contributed by atoms with Gasteiger partial charge in [0.15, 0.2) is 0 Å². The van der Waals surface area contributed by atoms with Crippen LogP contribution < -0.4 is 5.32 Å². The fourth-order valence-corrected chi connectivity index (χ4v) is 2.65. The molecule has 1 amide bonds. The summed E-state index contributed by atoms with van der Waals surface area (Å²) in [6, 6.07) is 1.81. The first-order chi connectivity index (χ1) is 8.56. The summed E-state index contributed by atoms with van der Waals surface area (Å²) in [5, 5.41) is 3.56. The molecule has 0 radical (unpaired) electrons. The van der Waals surface area contributed by atoms with Gasteiger partial charge in [-0.2, -0.15) is 0 Å². The number of carbonyl (C=O) groups is 1. The highest BCUT2D eigenvalue weighted by Gasteiger charge is 2.21. The average Bonchev–Trinajstić information content (AvgIpc) is 2.32. The molecule has 98 valence electrons. The van der Waals surface area contributed by atoms with Crippen LogP contribution in [0.3, 0.4) is 0 Å². The number of carbonyl (C=O) groups excluding carboxylic acids is 1. The Kier molecular flexibility index (Phi) is 4.46. The number of hydrogen-bond donors (Lipinski definition) is 1. The zero-order valence-electron chi connectivity index (χ0n) is 10.2. The number of halogens is 2. The Morgan fingerprint density at radius 1 is 1.44 bits per heavy atom. The van der Waals surface area contributed by atoms with Crippen molar-refractivity contribution in [1.82, 2.24) is 10.3 Å². The summed E-state index contributed by atoms with van der Waals surface area (Å²) in [6.07, 6.45) is 5.97. The van der Waals surface area contributed by atoms with E-state index in [0.29, 0.717) is 16.5 Å². The summed E-state index contributed by atoms with van der Waals surface area (Å²) in [6.45, 7) is 2.22. The van der Waals surface area contributed by atoms with Crippen molar-refractivity contribution in [2.75, 3.05) is 0 Å². The molecule has 0 aromatic carbocycles. The Balaban J connectivity index is 2.00. The van der Waals surface area contributed by atoms with Gasteiger partial charge in [0.1, 0.15) is 5.15 Å². The maximum atomic E-state index is 12.0. The summed E-state index contributed by atoms with van der Waals surface area (Å²) >= 11 is 11.6. The third-order valence-corrected chi connectivity index (χ3v) is 4.02. The molecule has 1 fully saturated rings. The molecule has 3 nitrogen and oxygen atoms in total. The summed E-state index contributed by atoms with van der Waals surface area (Å²) in [7, 11) is 0. The second kappa shape index (κ2) is 5.89. The van der Waals surface area contributed by atoms with Gasteiger partial charge in [-0.05, 0) is 24.8 Å². The Hall–Kier alpha value is -0.800. The van der Waals surface area contributed by atoms with Crippen molar-refractivity contribution in [3.05, 3.63) is 28.0 Å². The number of rotatable bonds is 2. The highest BCUT2D eigenvalue weighted by molar-refractivity contribution is 6.41. The topological polar surface area (TPSA) is 42.0 Å². The van der Waals surface area contributed by atoms with Gasteiger partial charge in [-0.3, -0.25) is 4.79 Å². The minimum absolute atomic E-state index is 0.125. The summed E-state index contributed by atoms with van der Waals surface area (Å²) in [5.41, 5.74) is 0.461. The van der Waals surface area contributed by atoms with Gasteiger partial charge in [-0.15, -0.1) is 0 Å². The molecule has 0 spiro atoms. The lowest BCUT2D eigenvalue weighted by molar-refractivity contribution is 0.0921. The Labute approximate surface area is 117 Å². The van der Waals surface area contributed by atoms with E-state index in [1.807, 2.05) is 0 Å². The van der Waals surface area contributed by atoms with Crippen LogP contribution in [0.4, 0.5) is 0 Å². The zero-order chi connectivity index (χ0) is 13.1. The van der Waals surface area contributed by atoms with Crippen LogP contribution in [0, 0.1) is 5.92 Å². The van der Waals surface area contributed by atoms with Crippen LogP contribution >= 0.6 is 23.2 Å². The lowest BCUT2D eigenvalue weighted by Crippen LogP contribution is -2.38. The molecule has 1 aromatic heterocycles. The molecule has 0 saturated heterocycles. The van der Waals surface area contributed by atoms with Crippen LogP contribution in [0.15, 0.2) is 12.3 Å².